The number of thioether (sulfide) groups is 1. The summed E-state index contributed by atoms with van der Waals surface area (Å²) >= 11 is 6.26. The summed E-state index contributed by atoms with van der Waals surface area (Å²) in [6, 6.07) is 9.78. The van der Waals surface area contributed by atoms with Crippen LogP contribution in [-0.2, 0) is 5.72 Å². The van der Waals surface area contributed by atoms with Gasteiger partial charge < -0.3 is 5.11 Å². The fourth-order valence-electron chi connectivity index (χ4n) is 2.56. The van der Waals surface area contributed by atoms with Crippen molar-refractivity contribution in [3.63, 3.8) is 0 Å². The van der Waals surface area contributed by atoms with Gasteiger partial charge in [0, 0.05) is 30.6 Å². The summed E-state index contributed by atoms with van der Waals surface area (Å²) < 4.78 is -0.0538. The molecule has 1 N–H and O–H groups in total. The minimum Gasteiger partial charge on any atom is -0.370 e. The zero-order valence-electron chi connectivity index (χ0n) is 12.1. The van der Waals surface area contributed by atoms with Crippen molar-refractivity contribution in [3.05, 3.63) is 66.1 Å². The summed E-state index contributed by atoms with van der Waals surface area (Å²) in [5.74, 6) is 0.601. The second-order valence-electron chi connectivity index (χ2n) is 5.23. The maximum Gasteiger partial charge on any atom is 0.155 e. The van der Waals surface area contributed by atoms with Gasteiger partial charge in [-0.3, -0.25) is 4.99 Å². The predicted octanol–water partition coefficient (Wildman–Crippen LogP) is 3.16. The first-order valence-corrected chi connectivity index (χ1v) is 8.72. The average molecular weight is 330 g/mol. The lowest BCUT2D eigenvalue weighted by Gasteiger charge is -2.35. The van der Waals surface area contributed by atoms with Gasteiger partial charge in [0.1, 0.15) is 4.71 Å². The molecule has 0 bridgehead atoms. The molecular formula is C17H18N2OS2. The monoisotopic (exact) mass is 330 g/mol. The predicted molar refractivity (Wildman–Crippen MR) is 96.1 cm³/mol. The van der Waals surface area contributed by atoms with E-state index in [4.69, 9.17) is 0 Å². The molecule has 0 amide bonds. The molecule has 0 radical (unpaired) electrons. The van der Waals surface area contributed by atoms with Crippen LogP contribution in [0.1, 0.15) is 12.0 Å². The molecule has 0 aromatic heterocycles. The van der Waals surface area contributed by atoms with Gasteiger partial charge in [-0.25, -0.2) is 4.90 Å². The molecule has 2 unspecified atom stereocenters. The van der Waals surface area contributed by atoms with Crippen molar-refractivity contribution in [1.82, 2.24) is 4.90 Å². The first kappa shape index (κ1) is 15.7. The number of nitrogens with zero attached hydrogens (tertiary/aromatic N) is 2. The fraction of sp³-hybridized carbons (Fsp3) is 0.294. The largest absolute Gasteiger partial charge is 0.370 e. The van der Waals surface area contributed by atoms with Crippen LogP contribution in [0.25, 0.3) is 0 Å². The van der Waals surface area contributed by atoms with E-state index in [-0.39, 0.29) is 4.71 Å². The normalized spacial score (nSPS) is 29.9. The molecule has 1 saturated heterocycles. The zero-order chi connectivity index (χ0) is 15.4. The Morgan fingerprint density at radius 3 is 3.05 bits per heavy atom. The van der Waals surface area contributed by atoms with Gasteiger partial charge in [-0.15, -0.1) is 30.1 Å². The molecule has 114 valence electrons. The lowest BCUT2D eigenvalue weighted by Crippen LogP contribution is -2.47. The van der Waals surface area contributed by atoms with Crippen molar-refractivity contribution in [3.8, 4) is 0 Å². The minimum atomic E-state index is -1.01. The maximum atomic E-state index is 11.2. The number of aliphatic hydroxyl groups is 1. The lowest BCUT2D eigenvalue weighted by atomic mass is 10.0. The van der Waals surface area contributed by atoms with E-state index in [0.717, 1.165) is 17.7 Å². The number of benzene rings is 1. The Labute approximate surface area is 140 Å². The van der Waals surface area contributed by atoms with E-state index in [2.05, 4.69) is 23.4 Å². The van der Waals surface area contributed by atoms with Crippen LogP contribution in [0.15, 0.2) is 65.5 Å². The van der Waals surface area contributed by atoms with Gasteiger partial charge in [0.05, 0.1) is 0 Å². The Balaban J connectivity index is 1.85. The van der Waals surface area contributed by atoms with E-state index < -0.39 is 5.72 Å². The minimum absolute atomic E-state index is 0.0538. The van der Waals surface area contributed by atoms with Crippen LogP contribution in [0.5, 0.6) is 0 Å². The maximum absolute atomic E-state index is 11.2. The smallest absolute Gasteiger partial charge is 0.155 e. The Morgan fingerprint density at radius 2 is 2.23 bits per heavy atom. The molecular weight excluding hydrogens is 312 g/mol. The van der Waals surface area contributed by atoms with Crippen molar-refractivity contribution in [1.29, 1.82) is 0 Å². The van der Waals surface area contributed by atoms with E-state index in [1.54, 1.807) is 18.0 Å². The number of hydrogen-bond donors (Lipinski definition) is 2. The lowest BCUT2D eigenvalue weighted by molar-refractivity contribution is -0.0727. The molecule has 1 fully saturated rings. The molecule has 1 aromatic carbocycles. The summed E-state index contributed by atoms with van der Waals surface area (Å²) in [6.07, 6.45) is 8.16. The molecule has 2 heterocycles. The highest BCUT2D eigenvalue weighted by Gasteiger charge is 2.45. The Kier molecular flexibility index (Phi) is 4.91. The van der Waals surface area contributed by atoms with Crippen molar-refractivity contribution < 1.29 is 5.11 Å². The van der Waals surface area contributed by atoms with E-state index in [1.807, 2.05) is 53.5 Å². The summed E-state index contributed by atoms with van der Waals surface area (Å²) in [4.78, 5) is 6.48. The van der Waals surface area contributed by atoms with E-state index in [9.17, 15) is 5.11 Å². The fourth-order valence-corrected chi connectivity index (χ4v) is 4.20. The highest BCUT2D eigenvalue weighted by Crippen LogP contribution is 2.43. The standard InChI is InChI=1S/C17H18N2OS2/c20-17(14-8-4-3-5-9-14)13-22-16(21)19(17)12-15-10-6-1-2-7-11-18-15/h2-9,11,16,20-21H,10,12-13H2/b11-7-,18-15?. The second-order valence-corrected chi connectivity index (χ2v) is 7.13. The highest BCUT2D eigenvalue weighted by molar-refractivity contribution is 8.10. The SMILES string of the molecule is OC1(c2ccccc2)CSC(S)N1CC1=N/C=C\C=C=CC1. The van der Waals surface area contributed by atoms with Crippen LogP contribution in [0.4, 0.5) is 0 Å². The molecule has 3 nitrogen and oxygen atoms in total. The third-order valence-electron chi connectivity index (χ3n) is 3.76. The molecule has 0 spiro atoms. The highest BCUT2D eigenvalue weighted by atomic mass is 32.2. The molecule has 1 aromatic rings. The van der Waals surface area contributed by atoms with Gasteiger partial charge >= 0.3 is 0 Å². The summed E-state index contributed by atoms with van der Waals surface area (Å²) in [5, 5.41) is 11.2. The molecule has 2 atom stereocenters. The summed E-state index contributed by atoms with van der Waals surface area (Å²) in [5.41, 5.74) is 3.97. The average Bonchev–Trinajstić information content (AvgIpc) is 2.80. The first-order valence-electron chi connectivity index (χ1n) is 7.16. The topological polar surface area (TPSA) is 35.8 Å². The van der Waals surface area contributed by atoms with Gasteiger partial charge in [0.25, 0.3) is 0 Å². The number of allylic oxidation sites excluding steroid dienone is 2. The first-order chi connectivity index (χ1) is 10.7. The number of rotatable bonds is 3. The van der Waals surface area contributed by atoms with Crippen molar-refractivity contribution >= 4 is 30.1 Å². The van der Waals surface area contributed by atoms with Crippen LogP contribution >= 0.6 is 24.4 Å². The van der Waals surface area contributed by atoms with Crippen LogP contribution < -0.4 is 0 Å². The van der Waals surface area contributed by atoms with Crippen molar-refractivity contribution in [2.24, 2.45) is 4.99 Å². The van der Waals surface area contributed by atoms with Gasteiger partial charge in [0.2, 0.25) is 0 Å². The number of thiol groups is 1. The van der Waals surface area contributed by atoms with E-state index in [1.165, 1.54) is 0 Å². The van der Waals surface area contributed by atoms with Crippen LogP contribution in [0.3, 0.4) is 0 Å². The number of aliphatic imine (C=N–C) groups is 1. The zero-order valence-corrected chi connectivity index (χ0v) is 13.8. The van der Waals surface area contributed by atoms with Crippen molar-refractivity contribution in [2.75, 3.05) is 12.3 Å². The summed E-state index contributed by atoms with van der Waals surface area (Å²) in [7, 11) is 0. The molecule has 0 saturated carbocycles. The van der Waals surface area contributed by atoms with Crippen LogP contribution in [0, 0.1) is 0 Å². The molecule has 22 heavy (non-hydrogen) atoms. The van der Waals surface area contributed by atoms with E-state index >= 15 is 0 Å². The van der Waals surface area contributed by atoms with E-state index in [0.29, 0.717) is 12.3 Å². The Morgan fingerprint density at radius 1 is 1.41 bits per heavy atom. The molecule has 3 rings (SSSR count). The van der Waals surface area contributed by atoms with Gasteiger partial charge in [-0.1, -0.05) is 30.3 Å². The Bertz CT molecular complexity index is 650. The third kappa shape index (κ3) is 3.24. The van der Waals surface area contributed by atoms with Crippen LogP contribution in [0.2, 0.25) is 0 Å². The third-order valence-corrected chi connectivity index (χ3v) is 5.60. The van der Waals surface area contributed by atoms with Gasteiger partial charge in [-0.2, -0.15) is 0 Å². The number of hydrogen-bond acceptors (Lipinski definition) is 5. The molecule has 2 aliphatic rings. The molecule has 2 aliphatic heterocycles. The Hall–Kier alpha value is -1.23. The van der Waals surface area contributed by atoms with Crippen molar-refractivity contribution in [2.45, 2.75) is 16.9 Å². The second kappa shape index (κ2) is 6.90. The molecule has 0 aliphatic carbocycles. The van der Waals surface area contributed by atoms with Crippen LogP contribution in [-0.4, -0.2) is 32.7 Å². The quantitative estimate of drug-likeness (QED) is 0.660. The van der Waals surface area contributed by atoms with Gasteiger partial charge in [-0.05, 0) is 23.8 Å². The summed E-state index contributed by atoms with van der Waals surface area (Å²) in [6.45, 7) is 0.578. The molecule has 5 heteroatoms. The van der Waals surface area contributed by atoms with Gasteiger partial charge in [0.15, 0.2) is 5.72 Å².